The van der Waals surface area contributed by atoms with Gasteiger partial charge < -0.3 is 0 Å². The molecular weight excluding hydrogens is 560 g/mol. The standard InChI is InChI=1S/C32H68P.F6P/c1-5-9-13-14-15-16-17-18-19-20-21-22-23-24-25-26-27-28-32-33(29-10-6-2,30-11-7-3)31-12-8-4;1-7(2,3,4,5)6/h5-32H2,1-4H3;/q+1;-1. The first-order chi connectivity index (χ1) is 18.7. The maximum absolute atomic E-state index is 10.7. The zero-order valence-corrected chi connectivity index (χ0v) is 28.8. The molecule has 0 amide bonds. The van der Waals surface area contributed by atoms with E-state index in [1.54, 1.807) is 31.1 Å². The van der Waals surface area contributed by atoms with Crippen LogP contribution >= 0.6 is 15.1 Å². The monoisotopic (exact) mass is 628 g/mol. The predicted molar refractivity (Wildman–Crippen MR) is 173 cm³/mol. The predicted octanol–water partition coefficient (Wildman–Crippen LogP) is 15.8. The summed E-state index contributed by atoms with van der Waals surface area (Å²) in [6, 6.07) is 0. The van der Waals surface area contributed by atoms with Gasteiger partial charge in [-0.1, -0.05) is 150 Å². The third-order valence-corrected chi connectivity index (χ3v) is 13.0. The molecule has 0 rings (SSSR count). The molecule has 0 atom stereocenters. The molecule has 0 fully saturated rings. The van der Waals surface area contributed by atoms with Gasteiger partial charge in [-0.3, -0.25) is 0 Å². The molecule has 0 saturated carbocycles. The molecule has 0 aliphatic rings. The van der Waals surface area contributed by atoms with Crippen molar-refractivity contribution in [3.05, 3.63) is 0 Å². The van der Waals surface area contributed by atoms with Crippen molar-refractivity contribution in [3.63, 3.8) is 0 Å². The maximum atomic E-state index is 9.87. The van der Waals surface area contributed by atoms with Gasteiger partial charge in [-0.2, -0.15) is 0 Å². The summed E-state index contributed by atoms with van der Waals surface area (Å²) in [5, 5.41) is 0. The summed E-state index contributed by atoms with van der Waals surface area (Å²) >= 11 is 0. The molecule has 40 heavy (non-hydrogen) atoms. The second-order valence-corrected chi connectivity index (χ2v) is 18.7. The molecular formula is C32H68F6P2. The molecule has 8 heteroatoms. The number of rotatable bonds is 28. The fourth-order valence-corrected chi connectivity index (χ4v) is 10.7. The first kappa shape index (κ1) is 42.6. The zero-order valence-electron chi connectivity index (χ0n) is 27.0. The molecule has 0 N–H and O–H groups in total. The average molecular weight is 629 g/mol. The van der Waals surface area contributed by atoms with Crippen LogP contribution in [0.1, 0.15) is 182 Å². The van der Waals surface area contributed by atoms with Crippen LogP contribution in [0, 0.1) is 0 Å². The number of hydrogen-bond acceptors (Lipinski definition) is 0. The van der Waals surface area contributed by atoms with E-state index in [9.17, 15) is 25.2 Å². The van der Waals surface area contributed by atoms with Gasteiger partial charge in [-0.25, -0.2) is 0 Å². The van der Waals surface area contributed by atoms with E-state index in [2.05, 4.69) is 27.7 Å². The van der Waals surface area contributed by atoms with Gasteiger partial charge in [0.15, 0.2) is 0 Å². The summed E-state index contributed by atoms with van der Waals surface area (Å²) in [4.78, 5) is 0. The van der Waals surface area contributed by atoms with Crippen LogP contribution in [0.4, 0.5) is 25.2 Å². The normalized spacial score (nSPS) is 13.9. The van der Waals surface area contributed by atoms with Gasteiger partial charge in [-0.05, 0) is 32.1 Å². The number of unbranched alkanes of at least 4 members (excludes halogenated alkanes) is 20. The summed E-state index contributed by atoms with van der Waals surface area (Å²) in [7, 11) is -11.3. The molecule has 0 saturated heterocycles. The Labute approximate surface area is 246 Å². The van der Waals surface area contributed by atoms with Gasteiger partial charge in [0, 0.05) is 7.26 Å². The summed E-state index contributed by atoms with van der Waals surface area (Å²) in [5.74, 6) is 0. The fourth-order valence-electron chi connectivity index (χ4n) is 5.50. The summed E-state index contributed by atoms with van der Waals surface area (Å²) in [5.41, 5.74) is 0. The molecule has 0 heterocycles. The van der Waals surface area contributed by atoms with Gasteiger partial charge in [0.1, 0.15) is 0 Å². The van der Waals surface area contributed by atoms with Gasteiger partial charge in [0.25, 0.3) is 0 Å². The quantitative estimate of drug-likeness (QED) is 0.0459. The van der Waals surface area contributed by atoms with E-state index in [-0.39, 0.29) is 0 Å². The van der Waals surface area contributed by atoms with Crippen molar-refractivity contribution >= 4 is 15.1 Å². The van der Waals surface area contributed by atoms with E-state index in [1.807, 2.05) is 0 Å². The molecule has 0 bridgehead atoms. The third kappa shape index (κ3) is 40.6. The van der Waals surface area contributed by atoms with Gasteiger partial charge in [0.2, 0.25) is 0 Å². The Morgan fingerprint density at radius 3 is 0.700 bits per heavy atom. The molecule has 0 spiro atoms. The number of hydrogen-bond donors (Lipinski definition) is 0. The van der Waals surface area contributed by atoms with Crippen molar-refractivity contribution in [2.75, 3.05) is 24.6 Å². The molecule has 0 aromatic heterocycles. The SMILES string of the molecule is CCCCCCCCCCCCCCCCCCCC[P+](CCCC)(CCCC)CCCC.F[P-](F)(F)(F)(F)F. The van der Waals surface area contributed by atoms with Gasteiger partial charge in [-0.15, -0.1) is 0 Å². The fraction of sp³-hybridized carbons (Fsp3) is 1.00. The van der Waals surface area contributed by atoms with Gasteiger partial charge >= 0.3 is 33.0 Å². The van der Waals surface area contributed by atoms with E-state index < -0.39 is 15.1 Å². The van der Waals surface area contributed by atoms with Crippen molar-refractivity contribution in [2.45, 2.75) is 182 Å². The summed E-state index contributed by atoms with van der Waals surface area (Å²) in [6.45, 7) is 9.49. The first-order valence-electron chi connectivity index (χ1n) is 17.1. The molecule has 0 aliphatic heterocycles. The van der Waals surface area contributed by atoms with Crippen molar-refractivity contribution in [2.24, 2.45) is 0 Å². The molecule has 0 radical (unpaired) electrons. The molecule has 0 aliphatic carbocycles. The van der Waals surface area contributed by atoms with E-state index in [0.717, 1.165) is 0 Å². The van der Waals surface area contributed by atoms with Crippen LogP contribution < -0.4 is 0 Å². The Bertz CT molecular complexity index is 503. The average Bonchev–Trinajstić information content (AvgIpc) is 2.86. The second-order valence-electron chi connectivity index (χ2n) is 12.3. The van der Waals surface area contributed by atoms with E-state index in [4.69, 9.17) is 0 Å². The Morgan fingerprint density at radius 2 is 0.475 bits per heavy atom. The van der Waals surface area contributed by atoms with Crippen molar-refractivity contribution < 1.29 is 25.2 Å². The topological polar surface area (TPSA) is 0 Å². The van der Waals surface area contributed by atoms with E-state index >= 15 is 0 Å². The molecule has 0 nitrogen and oxygen atoms in total. The van der Waals surface area contributed by atoms with Crippen molar-refractivity contribution in [3.8, 4) is 0 Å². The summed E-state index contributed by atoms with van der Waals surface area (Å²) < 4.78 is 59.2. The van der Waals surface area contributed by atoms with Crippen LogP contribution in [-0.2, 0) is 0 Å². The second kappa shape index (κ2) is 23.8. The molecule has 0 aromatic rings. The summed E-state index contributed by atoms with van der Waals surface area (Å²) in [6.07, 6.45) is 42.0. The van der Waals surface area contributed by atoms with Gasteiger partial charge in [0.05, 0.1) is 24.6 Å². The van der Waals surface area contributed by atoms with Crippen LogP contribution in [0.5, 0.6) is 0 Å². The van der Waals surface area contributed by atoms with Crippen molar-refractivity contribution in [1.82, 2.24) is 0 Å². The Balaban J connectivity index is 0. The van der Waals surface area contributed by atoms with Crippen LogP contribution in [0.25, 0.3) is 0 Å². The van der Waals surface area contributed by atoms with E-state index in [0.29, 0.717) is 0 Å². The third-order valence-electron chi connectivity index (χ3n) is 7.94. The minimum atomic E-state index is -10.7. The Kier molecular flexibility index (Phi) is 25.4. The minimum absolute atomic E-state index is 0.637. The number of halogens is 6. The molecule has 0 aromatic carbocycles. The first-order valence-corrected chi connectivity index (χ1v) is 21.7. The Morgan fingerprint density at radius 1 is 0.300 bits per heavy atom. The van der Waals surface area contributed by atoms with Crippen LogP contribution in [0.3, 0.4) is 0 Å². The van der Waals surface area contributed by atoms with Crippen LogP contribution in [-0.4, -0.2) is 24.6 Å². The van der Waals surface area contributed by atoms with Crippen LogP contribution in [0.15, 0.2) is 0 Å². The molecule has 0 unspecified atom stereocenters. The van der Waals surface area contributed by atoms with E-state index in [1.165, 1.54) is 148 Å². The van der Waals surface area contributed by atoms with Crippen LogP contribution in [0.2, 0.25) is 0 Å². The Hall–Kier alpha value is 0.440. The molecule has 248 valence electrons. The zero-order chi connectivity index (χ0) is 30.7. The van der Waals surface area contributed by atoms with Crippen molar-refractivity contribution in [1.29, 1.82) is 0 Å².